The third-order valence-corrected chi connectivity index (χ3v) is 3.91. The van der Waals surface area contributed by atoms with Gasteiger partial charge in [0, 0.05) is 24.8 Å². The third-order valence-electron chi connectivity index (χ3n) is 3.08. The summed E-state index contributed by atoms with van der Waals surface area (Å²) in [7, 11) is 0. The zero-order valence-electron chi connectivity index (χ0n) is 10.4. The van der Waals surface area contributed by atoms with E-state index >= 15 is 0 Å². The molecular formula is C12H14FIN2O3. The molecule has 104 valence electrons. The number of nitrogens with one attached hydrogen (secondary N) is 1. The van der Waals surface area contributed by atoms with E-state index in [1.54, 1.807) is 22.6 Å². The molecule has 1 aliphatic heterocycles. The number of hydrogen-bond acceptors (Lipinski definition) is 4. The number of hydrogen-bond donors (Lipinski definition) is 1. The van der Waals surface area contributed by atoms with Crippen LogP contribution in [0.5, 0.6) is 0 Å². The molecule has 0 aromatic heterocycles. The normalized spacial score (nSPS) is 23.1. The highest BCUT2D eigenvalue weighted by atomic mass is 127. The topological polar surface area (TPSA) is 64.4 Å². The molecule has 2 unspecified atom stereocenters. The average molecular weight is 380 g/mol. The lowest BCUT2D eigenvalue weighted by Gasteiger charge is -2.28. The van der Waals surface area contributed by atoms with Gasteiger partial charge in [-0.1, -0.05) is 0 Å². The number of rotatable bonds is 3. The van der Waals surface area contributed by atoms with Gasteiger partial charge in [0.2, 0.25) is 0 Å². The molecule has 2 rings (SSSR count). The third kappa shape index (κ3) is 3.53. The lowest BCUT2D eigenvalue weighted by Crippen LogP contribution is -2.32. The van der Waals surface area contributed by atoms with Crippen LogP contribution in [0, 0.1) is 19.5 Å². The van der Waals surface area contributed by atoms with Crippen molar-refractivity contribution in [3.8, 4) is 0 Å². The van der Waals surface area contributed by atoms with Crippen molar-refractivity contribution in [3.63, 3.8) is 0 Å². The van der Waals surface area contributed by atoms with Gasteiger partial charge in [-0.15, -0.1) is 0 Å². The molecule has 0 amide bonds. The highest BCUT2D eigenvalue weighted by Gasteiger charge is 2.23. The lowest BCUT2D eigenvalue weighted by molar-refractivity contribution is -0.384. The summed E-state index contributed by atoms with van der Waals surface area (Å²) in [5.41, 5.74) is 0.145. The van der Waals surface area contributed by atoms with Crippen molar-refractivity contribution >= 4 is 34.0 Å². The number of nitrogens with zero attached hydrogens (tertiary/aromatic N) is 1. The molecular weight excluding hydrogens is 366 g/mol. The first-order valence-corrected chi connectivity index (χ1v) is 7.07. The average Bonchev–Trinajstić information content (AvgIpc) is 2.33. The van der Waals surface area contributed by atoms with Crippen LogP contribution in [0.15, 0.2) is 12.1 Å². The number of nitro groups is 1. The Morgan fingerprint density at radius 3 is 2.95 bits per heavy atom. The molecule has 0 bridgehead atoms. The van der Waals surface area contributed by atoms with E-state index in [1.165, 1.54) is 12.1 Å². The van der Waals surface area contributed by atoms with Crippen molar-refractivity contribution in [3.05, 3.63) is 31.6 Å². The molecule has 19 heavy (non-hydrogen) atoms. The Morgan fingerprint density at radius 2 is 2.32 bits per heavy atom. The standard InChI is InChI=1S/C12H14FIN2O3/c1-7-4-8(2-3-19-7)15-11-5-9(13)10(14)6-12(11)16(17)18/h5-8,15H,2-4H2,1H3. The summed E-state index contributed by atoms with van der Waals surface area (Å²) >= 11 is 1.75. The van der Waals surface area contributed by atoms with Crippen molar-refractivity contribution in [2.75, 3.05) is 11.9 Å². The molecule has 1 heterocycles. The van der Waals surface area contributed by atoms with Crippen molar-refractivity contribution in [1.82, 2.24) is 0 Å². The second-order valence-electron chi connectivity index (χ2n) is 4.59. The molecule has 0 saturated carbocycles. The van der Waals surface area contributed by atoms with Crippen LogP contribution in [0.1, 0.15) is 19.8 Å². The van der Waals surface area contributed by atoms with Gasteiger partial charge in [-0.2, -0.15) is 0 Å². The number of anilines is 1. The summed E-state index contributed by atoms with van der Waals surface area (Å²) in [5.74, 6) is -0.450. The summed E-state index contributed by atoms with van der Waals surface area (Å²) < 4.78 is 19.2. The van der Waals surface area contributed by atoms with E-state index in [0.29, 0.717) is 6.61 Å². The zero-order valence-corrected chi connectivity index (χ0v) is 12.5. The van der Waals surface area contributed by atoms with Crippen LogP contribution in [-0.4, -0.2) is 23.7 Å². The van der Waals surface area contributed by atoms with Crippen LogP contribution in [0.3, 0.4) is 0 Å². The van der Waals surface area contributed by atoms with E-state index in [0.717, 1.165) is 12.8 Å². The van der Waals surface area contributed by atoms with Gasteiger partial charge in [0.15, 0.2) is 0 Å². The maximum absolute atomic E-state index is 13.6. The van der Waals surface area contributed by atoms with Crippen LogP contribution in [0.4, 0.5) is 15.8 Å². The Kier molecular flexibility index (Phi) is 4.56. The molecule has 2 atom stereocenters. The summed E-state index contributed by atoms with van der Waals surface area (Å²) in [6.45, 7) is 2.57. The highest BCUT2D eigenvalue weighted by Crippen LogP contribution is 2.30. The first-order chi connectivity index (χ1) is 8.97. The predicted octanol–water partition coefficient (Wildman–Crippen LogP) is 3.32. The predicted molar refractivity (Wildman–Crippen MR) is 77.8 cm³/mol. The first kappa shape index (κ1) is 14.4. The largest absolute Gasteiger partial charge is 0.378 e. The molecule has 1 aliphatic rings. The van der Waals surface area contributed by atoms with Gasteiger partial charge in [-0.3, -0.25) is 10.1 Å². The monoisotopic (exact) mass is 380 g/mol. The van der Waals surface area contributed by atoms with Crippen LogP contribution in [0.2, 0.25) is 0 Å². The number of halogens is 2. The zero-order chi connectivity index (χ0) is 14.0. The number of nitro benzene ring substituents is 1. The minimum Gasteiger partial charge on any atom is -0.378 e. The molecule has 1 aromatic rings. The van der Waals surface area contributed by atoms with Crippen LogP contribution in [0.25, 0.3) is 0 Å². The number of benzene rings is 1. The van der Waals surface area contributed by atoms with Gasteiger partial charge < -0.3 is 10.1 Å². The molecule has 1 aromatic carbocycles. The second-order valence-corrected chi connectivity index (χ2v) is 5.75. The van der Waals surface area contributed by atoms with E-state index in [1.807, 2.05) is 6.92 Å². The maximum Gasteiger partial charge on any atom is 0.293 e. The van der Waals surface area contributed by atoms with E-state index in [-0.39, 0.29) is 27.1 Å². The van der Waals surface area contributed by atoms with Crippen LogP contribution < -0.4 is 5.32 Å². The van der Waals surface area contributed by atoms with Crippen LogP contribution in [-0.2, 0) is 4.74 Å². The van der Waals surface area contributed by atoms with E-state index < -0.39 is 10.7 Å². The van der Waals surface area contributed by atoms with Crippen LogP contribution >= 0.6 is 22.6 Å². The summed E-state index contributed by atoms with van der Waals surface area (Å²) in [6, 6.07) is 2.52. The Bertz CT molecular complexity index is 498. The van der Waals surface area contributed by atoms with Crippen molar-refractivity contribution in [2.24, 2.45) is 0 Å². The molecule has 5 nitrogen and oxygen atoms in total. The highest BCUT2D eigenvalue weighted by molar-refractivity contribution is 14.1. The van der Waals surface area contributed by atoms with Gasteiger partial charge in [-0.25, -0.2) is 4.39 Å². The molecule has 0 radical (unpaired) electrons. The van der Waals surface area contributed by atoms with Gasteiger partial charge in [0.1, 0.15) is 11.5 Å². The van der Waals surface area contributed by atoms with E-state index in [9.17, 15) is 14.5 Å². The summed E-state index contributed by atoms with van der Waals surface area (Å²) in [5, 5.41) is 14.1. The quantitative estimate of drug-likeness (QED) is 0.497. The summed E-state index contributed by atoms with van der Waals surface area (Å²) in [6.07, 6.45) is 1.62. The Morgan fingerprint density at radius 1 is 1.58 bits per heavy atom. The summed E-state index contributed by atoms with van der Waals surface area (Å²) in [4.78, 5) is 10.5. The minimum atomic E-state index is -0.493. The molecule has 0 aliphatic carbocycles. The molecule has 0 spiro atoms. The van der Waals surface area contributed by atoms with Gasteiger partial charge in [0.25, 0.3) is 5.69 Å². The fourth-order valence-electron chi connectivity index (χ4n) is 2.15. The van der Waals surface area contributed by atoms with Crippen molar-refractivity contribution in [2.45, 2.75) is 31.9 Å². The first-order valence-electron chi connectivity index (χ1n) is 5.99. The van der Waals surface area contributed by atoms with E-state index in [4.69, 9.17) is 4.74 Å². The SMILES string of the molecule is CC1CC(Nc2cc(F)c(I)cc2[N+](=O)[O-])CCO1. The lowest BCUT2D eigenvalue weighted by atomic mass is 10.0. The van der Waals surface area contributed by atoms with Gasteiger partial charge in [0.05, 0.1) is 14.6 Å². The molecule has 1 saturated heterocycles. The molecule has 1 fully saturated rings. The van der Waals surface area contributed by atoms with Crippen molar-refractivity contribution < 1.29 is 14.1 Å². The Labute approximate surface area is 123 Å². The van der Waals surface area contributed by atoms with E-state index in [2.05, 4.69) is 5.32 Å². The van der Waals surface area contributed by atoms with Crippen molar-refractivity contribution in [1.29, 1.82) is 0 Å². The maximum atomic E-state index is 13.6. The number of ether oxygens (including phenoxy) is 1. The second kappa shape index (κ2) is 6.00. The fourth-order valence-corrected chi connectivity index (χ4v) is 2.60. The fraction of sp³-hybridized carbons (Fsp3) is 0.500. The van der Waals surface area contributed by atoms with Gasteiger partial charge >= 0.3 is 0 Å². The Balaban J connectivity index is 2.23. The minimum absolute atomic E-state index is 0.0712. The smallest absolute Gasteiger partial charge is 0.293 e. The molecule has 1 N–H and O–H groups in total. The molecule has 7 heteroatoms. The Hall–Kier alpha value is -0.960. The van der Waals surface area contributed by atoms with Gasteiger partial charge in [-0.05, 0) is 42.4 Å².